The number of hydrogen-bond donors (Lipinski definition) is 1. The third-order valence-electron chi connectivity index (χ3n) is 3.67. The van der Waals surface area contributed by atoms with Crippen molar-refractivity contribution in [3.63, 3.8) is 0 Å². The Kier molecular flexibility index (Phi) is 4.89. The van der Waals surface area contributed by atoms with Crippen molar-refractivity contribution < 1.29 is 14.3 Å². The first-order valence-corrected chi connectivity index (χ1v) is 9.65. The topological polar surface area (TPSA) is 85.5 Å². The third-order valence-corrected chi connectivity index (χ3v) is 6.29. The van der Waals surface area contributed by atoms with Gasteiger partial charge in [-0.25, -0.2) is 14.7 Å². The molecule has 2 aromatic rings. The second-order valence-electron chi connectivity index (χ2n) is 5.34. The van der Waals surface area contributed by atoms with Gasteiger partial charge in [0.15, 0.2) is 5.13 Å². The van der Waals surface area contributed by atoms with E-state index in [1.54, 1.807) is 6.07 Å². The number of amides is 2. The van der Waals surface area contributed by atoms with E-state index in [1.807, 2.05) is 19.1 Å². The zero-order chi connectivity index (χ0) is 17.3. The molecule has 1 atom stereocenters. The number of ether oxygens (including phenoxy) is 1. The third kappa shape index (κ3) is 3.05. The van der Waals surface area contributed by atoms with Gasteiger partial charge in [0.05, 0.1) is 15.5 Å². The van der Waals surface area contributed by atoms with Crippen LogP contribution in [0.3, 0.4) is 0 Å². The van der Waals surface area contributed by atoms with Crippen molar-refractivity contribution in [2.24, 2.45) is 5.73 Å². The van der Waals surface area contributed by atoms with E-state index < -0.39 is 11.2 Å². The summed E-state index contributed by atoms with van der Waals surface area (Å²) in [5.74, 6) is 0.0493. The number of hydrogen-bond acceptors (Lipinski definition) is 6. The highest BCUT2D eigenvalue weighted by molar-refractivity contribution is 8.01. The van der Waals surface area contributed by atoms with E-state index in [9.17, 15) is 9.59 Å². The minimum atomic E-state index is -1.14. The molecule has 0 spiro atoms. The Hall–Kier alpha value is -1.51. The van der Waals surface area contributed by atoms with Crippen molar-refractivity contribution in [1.29, 1.82) is 0 Å². The number of fused-ring (bicyclic) bond motifs is 1. The number of unbranched alkanes of at least 4 members (excludes halogenated alkanes) is 1. The number of aromatic nitrogens is 1. The second-order valence-corrected chi connectivity index (χ2v) is 7.97. The molecule has 0 bridgehead atoms. The molecule has 3 rings (SSSR count). The number of nitrogens with zero attached hydrogens (tertiary/aromatic N) is 2. The summed E-state index contributed by atoms with van der Waals surface area (Å²) in [4.78, 5) is 29.9. The van der Waals surface area contributed by atoms with Crippen molar-refractivity contribution in [3.8, 4) is 0 Å². The van der Waals surface area contributed by atoms with E-state index in [4.69, 9.17) is 22.1 Å². The monoisotopic (exact) mass is 385 g/mol. The fraction of sp³-hybridized carbons (Fsp3) is 0.400. The number of primary amides is 1. The lowest BCUT2D eigenvalue weighted by Gasteiger charge is -2.34. The van der Waals surface area contributed by atoms with Gasteiger partial charge in [-0.15, -0.1) is 0 Å². The first kappa shape index (κ1) is 17.3. The van der Waals surface area contributed by atoms with Crippen LogP contribution in [0.15, 0.2) is 18.2 Å². The van der Waals surface area contributed by atoms with Crippen LogP contribution in [0.25, 0.3) is 10.2 Å². The highest BCUT2D eigenvalue weighted by Gasteiger charge is 2.51. The smallest absolute Gasteiger partial charge is 0.407 e. The summed E-state index contributed by atoms with van der Waals surface area (Å²) in [5.41, 5.74) is 5.90. The summed E-state index contributed by atoms with van der Waals surface area (Å²) in [7, 11) is 0. The van der Waals surface area contributed by atoms with Gasteiger partial charge in [0, 0.05) is 6.42 Å². The van der Waals surface area contributed by atoms with Gasteiger partial charge < -0.3 is 10.5 Å². The number of thiazole rings is 1. The fourth-order valence-corrected chi connectivity index (χ4v) is 5.24. The average molecular weight is 386 g/mol. The van der Waals surface area contributed by atoms with Crippen LogP contribution in [0.4, 0.5) is 9.93 Å². The first-order valence-electron chi connectivity index (χ1n) is 7.47. The van der Waals surface area contributed by atoms with E-state index in [0.717, 1.165) is 17.5 Å². The fourth-order valence-electron chi connectivity index (χ4n) is 2.61. The number of para-hydroxylation sites is 1. The molecular formula is C15H16ClN3O3S2. The molecule has 0 radical (unpaired) electrons. The van der Waals surface area contributed by atoms with Crippen LogP contribution in [0, 0.1) is 0 Å². The number of anilines is 1. The van der Waals surface area contributed by atoms with Gasteiger partial charge >= 0.3 is 6.09 Å². The summed E-state index contributed by atoms with van der Waals surface area (Å²) in [6.45, 7) is 2.03. The van der Waals surface area contributed by atoms with Crippen LogP contribution in [-0.2, 0) is 9.53 Å². The summed E-state index contributed by atoms with van der Waals surface area (Å²) in [5, 5.41) is -0.158. The van der Waals surface area contributed by atoms with E-state index in [-0.39, 0.29) is 11.7 Å². The lowest BCUT2D eigenvalue weighted by molar-refractivity contribution is -0.117. The Balaban J connectivity index is 2.07. The molecule has 2 N–H and O–H groups in total. The Morgan fingerprint density at radius 1 is 1.54 bits per heavy atom. The van der Waals surface area contributed by atoms with E-state index in [0.29, 0.717) is 22.1 Å². The van der Waals surface area contributed by atoms with Crippen molar-refractivity contribution in [2.45, 2.75) is 31.2 Å². The average Bonchev–Trinajstić information content (AvgIpc) is 3.07. The van der Waals surface area contributed by atoms with E-state index >= 15 is 0 Å². The molecule has 2 amide bonds. The molecule has 9 heteroatoms. The molecule has 2 heterocycles. The molecule has 1 aliphatic rings. The molecular weight excluding hydrogens is 370 g/mol. The normalized spacial score (nSPS) is 20.8. The maximum Gasteiger partial charge on any atom is 0.407 e. The molecule has 24 heavy (non-hydrogen) atoms. The minimum absolute atomic E-state index is 0.160. The van der Waals surface area contributed by atoms with Gasteiger partial charge in [0.1, 0.15) is 5.52 Å². The van der Waals surface area contributed by atoms with Crippen molar-refractivity contribution in [1.82, 2.24) is 4.98 Å². The molecule has 1 aromatic heterocycles. The Labute approximate surface area is 152 Å². The zero-order valence-corrected chi connectivity index (χ0v) is 15.3. The van der Waals surface area contributed by atoms with E-state index in [2.05, 4.69) is 4.98 Å². The molecule has 1 fully saturated rings. The van der Waals surface area contributed by atoms with Crippen molar-refractivity contribution in [2.75, 3.05) is 10.7 Å². The van der Waals surface area contributed by atoms with Gasteiger partial charge in [0.2, 0.25) is 11.0 Å². The SMILES string of the molecule is CCCCC1(OC(N)=O)SCC(=O)N1c1nc2c(Cl)cccc2s1. The number of halogens is 1. The standard InChI is InChI=1S/C15H16ClN3O3S2/c1-2-3-7-15(22-13(17)21)19(11(20)8-23-15)14-18-12-9(16)5-4-6-10(12)24-14/h4-6H,2-3,7-8H2,1H3,(H2,17,21). The highest BCUT2D eigenvalue weighted by Crippen LogP contribution is 2.46. The van der Waals surface area contributed by atoms with Crippen molar-refractivity contribution >= 4 is 62.0 Å². The number of carbonyl (C=O) groups excluding carboxylic acids is 2. The van der Waals surface area contributed by atoms with Gasteiger partial charge in [-0.1, -0.05) is 54.1 Å². The summed E-state index contributed by atoms with van der Waals surface area (Å²) >= 11 is 8.79. The molecule has 1 saturated heterocycles. The Bertz CT molecular complexity index is 797. The molecule has 1 aromatic carbocycles. The molecule has 1 aliphatic heterocycles. The van der Waals surface area contributed by atoms with Gasteiger partial charge in [-0.3, -0.25) is 4.79 Å². The summed E-state index contributed by atoms with van der Waals surface area (Å²) < 4.78 is 6.27. The quantitative estimate of drug-likeness (QED) is 0.841. The van der Waals surface area contributed by atoms with E-state index in [1.165, 1.54) is 28.0 Å². The second kappa shape index (κ2) is 6.78. The highest BCUT2D eigenvalue weighted by atomic mass is 35.5. The number of benzene rings is 1. The first-order chi connectivity index (χ1) is 11.5. The number of carbonyl (C=O) groups is 2. The van der Waals surface area contributed by atoms with Crippen LogP contribution >= 0.6 is 34.7 Å². The van der Waals surface area contributed by atoms with Crippen molar-refractivity contribution in [3.05, 3.63) is 23.2 Å². The maximum atomic E-state index is 12.5. The predicted octanol–water partition coefficient (Wildman–Crippen LogP) is 3.97. The molecule has 6 nitrogen and oxygen atoms in total. The van der Waals surface area contributed by atoms with Crippen LogP contribution < -0.4 is 10.6 Å². The van der Waals surface area contributed by atoms with Gasteiger partial charge in [-0.05, 0) is 18.6 Å². The van der Waals surface area contributed by atoms with Gasteiger partial charge in [-0.2, -0.15) is 0 Å². The number of thioether (sulfide) groups is 1. The largest absolute Gasteiger partial charge is 0.413 e. The molecule has 0 aliphatic carbocycles. The van der Waals surface area contributed by atoms with Gasteiger partial charge in [0.25, 0.3) is 0 Å². The summed E-state index contributed by atoms with van der Waals surface area (Å²) in [6, 6.07) is 5.47. The summed E-state index contributed by atoms with van der Waals surface area (Å²) in [6.07, 6.45) is 1.28. The Morgan fingerprint density at radius 3 is 3.00 bits per heavy atom. The molecule has 128 valence electrons. The van der Waals surface area contributed by atoms with Crippen LogP contribution in [-0.4, -0.2) is 27.8 Å². The lowest BCUT2D eigenvalue weighted by Crippen LogP contribution is -2.49. The van der Waals surface area contributed by atoms with Crippen LogP contribution in [0.1, 0.15) is 26.2 Å². The predicted molar refractivity (Wildman–Crippen MR) is 97.5 cm³/mol. The number of rotatable bonds is 5. The lowest BCUT2D eigenvalue weighted by atomic mass is 10.2. The van der Waals surface area contributed by atoms with Crippen LogP contribution in [0.2, 0.25) is 5.02 Å². The Morgan fingerprint density at radius 2 is 2.33 bits per heavy atom. The minimum Gasteiger partial charge on any atom is -0.413 e. The number of nitrogens with two attached hydrogens (primary N) is 1. The molecule has 1 unspecified atom stereocenters. The maximum absolute atomic E-state index is 12.5. The zero-order valence-electron chi connectivity index (χ0n) is 13.0. The van der Waals surface area contributed by atoms with Crippen LogP contribution in [0.5, 0.6) is 0 Å². The molecule has 0 saturated carbocycles.